The van der Waals surface area contributed by atoms with Crippen LogP contribution < -0.4 is 5.32 Å². The number of nitrogens with zero attached hydrogens (tertiary/aromatic N) is 5. The lowest BCUT2D eigenvalue weighted by molar-refractivity contribution is -0.120. The maximum Gasteiger partial charge on any atom is 0.231 e. The fourth-order valence-electron chi connectivity index (χ4n) is 2.72. The normalized spacial score (nSPS) is 14.8. The van der Waals surface area contributed by atoms with Crippen molar-refractivity contribution < 1.29 is 4.79 Å². The SMILES string of the molecule is CCCCn1c(SCC(=O)NC(C)(C#N)C(C)C)nnc1C(CC)N(C)C. The molecule has 0 fully saturated rings. The van der Waals surface area contributed by atoms with Gasteiger partial charge in [-0.15, -0.1) is 10.2 Å². The van der Waals surface area contributed by atoms with Crippen molar-refractivity contribution in [2.24, 2.45) is 5.92 Å². The molecule has 0 spiro atoms. The van der Waals surface area contributed by atoms with Gasteiger partial charge in [0, 0.05) is 6.54 Å². The number of thioether (sulfide) groups is 1. The van der Waals surface area contributed by atoms with E-state index in [0.717, 1.165) is 36.8 Å². The highest BCUT2D eigenvalue weighted by Crippen LogP contribution is 2.26. The van der Waals surface area contributed by atoms with Gasteiger partial charge in [0.25, 0.3) is 0 Å². The quantitative estimate of drug-likeness (QED) is 0.580. The first-order valence-electron chi connectivity index (χ1n) is 9.64. The third-order valence-electron chi connectivity index (χ3n) is 4.91. The molecular weight excluding hydrogens is 360 g/mol. The molecule has 0 radical (unpaired) electrons. The highest BCUT2D eigenvalue weighted by Gasteiger charge is 2.30. The average Bonchev–Trinajstić information content (AvgIpc) is 3.00. The summed E-state index contributed by atoms with van der Waals surface area (Å²) in [6, 6.07) is 2.40. The number of rotatable bonds is 11. The van der Waals surface area contributed by atoms with Crippen LogP contribution in [0.15, 0.2) is 5.16 Å². The van der Waals surface area contributed by atoms with Gasteiger partial charge in [-0.25, -0.2) is 0 Å². The summed E-state index contributed by atoms with van der Waals surface area (Å²) in [6.45, 7) is 10.7. The topological polar surface area (TPSA) is 86.8 Å². The van der Waals surface area contributed by atoms with E-state index in [1.807, 2.05) is 27.9 Å². The van der Waals surface area contributed by atoms with Crippen LogP contribution in [0.4, 0.5) is 0 Å². The molecule has 0 aromatic carbocycles. The molecule has 0 saturated carbocycles. The Bertz CT molecular complexity index is 651. The molecule has 27 heavy (non-hydrogen) atoms. The van der Waals surface area contributed by atoms with Crippen molar-refractivity contribution >= 4 is 17.7 Å². The zero-order valence-electron chi connectivity index (χ0n) is 17.7. The van der Waals surface area contributed by atoms with Gasteiger partial charge in [0.2, 0.25) is 5.91 Å². The molecule has 0 bridgehead atoms. The average molecular weight is 395 g/mol. The summed E-state index contributed by atoms with van der Waals surface area (Å²) in [4.78, 5) is 14.5. The molecule has 2 atom stereocenters. The molecule has 1 aromatic heterocycles. The molecule has 0 aliphatic heterocycles. The number of nitrogens with one attached hydrogen (secondary N) is 1. The lowest BCUT2D eigenvalue weighted by atomic mass is 9.90. The van der Waals surface area contributed by atoms with E-state index in [-0.39, 0.29) is 23.6 Å². The Balaban J connectivity index is 2.92. The summed E-state index contributed by atoms with van der Waals surface area (Å²) in [6.07, 6.45) is 3.06. The molecular formula is C19H34N6OS. The van der Waals surface area contributed by atoms with Gasteiger partial charge < -0.3 is 9.88 Å². The number of hydrogen-bond donors (Lipinski definition) is 1. The van der Waals surface area contributed by atoms with E-state index in [4.69, 9.17) is 0 Å². The van der Waals surface area contributed by atoms with Crippen molar-refractivity contribution in [1.82, 2.24) is 25.0 Å². The smallest absolute Gasteiger partial charge is 0.231 e. The van der Waals surface area contributed by atoms with Gasteiger partial charge in [-0.2, -0.15) is 5.26 Å². The first kappa shape index (κ1) is 23.4. The number of hydrogen-bond acceptors (Lipinski definition) is 6. The van der Waals surface area contributed by atoms with Crippen molar-refractivity contribution in [3.8, 4) is 6.07 Å². The summed E-state index contributed by atoms with van der Waals surface area (Å²) in [5.41, 5.74) is -0.864. The number of aromatic nitrogens is 3. The monoisotopic (exact) mass is 394 g/mol. The number of carbonyl (C=O) groups is 1. The molecule has 7 nitrogen and oxygen atoms in total. The summed E-state index contributed by atoms with van der Waals surface area (Å²) in [5, 5.41) is 21.8. The van der Waals surface area contributed by atoms with E-state index in [9.17, 15) is 10.1 Å². The number of amides is 1. The molecule has 0 saturated heterocycles. The standard InChI is InChI=1S/C19H34N6OS/c1-8-10-11-25-17(15(9-2)24(6)7)22-23-18(25)27-12-16(26)21-19(5,13-20)14(3)4/h14-15H,8-12H2,1-7H3,(H,21,26). The van der Waals surface area contributed by atoms with Crippen LogP contribution in [0.2, 0.25) is 0 Å². The molecule has 0 aliphatic rings. The highest BCUT2D eigenvalue weighted by molar-refractivity contribution is 7.99. The Morgan fingerprint density at radius 1 is 1.37 bits per heavy atom. The molecule has 0 aliphatic carbocycles. The second-order valence-corrected chi connectivity index (χ2v) is 8.48. The Labute approximate surface area is 167 Å². The summed E-state index contributed by atoms with van der Waals surface area (Å²) in [5.74, 6) is 1.03. The molecule has 1 amide bonds. The van der Waals surface area contributed by atoms with E-state index < -0.39 is 5.54 Å². The molecule has 1 rings (SSSR count). The maximum atomic E-state index is 12.4. The Kier molecular flexibility index (Phi) is 9.27. The Hall–Kier alpha value is -1.59. The zero-order valence-corrected chi connectivity index (χ0v) is 18.6. The van der Waals surface area contributed by atoms with Crippen LogP contribution in [-0.4, -0.2) is 51.0 Å². The van der Waals surface area contributed by atoms with E-state index in [2.05, 4.69) is 44.9 Å². The van der Waals surface area contributed by atoms with Crippen molar-refractivity contribution in [2.75, 3.05) is 19.8 Å². The molecule has 1 heterocycles. The van der Waals surface area contributed by atoms with Gasteiger partial charge in [-0.3, -0.25) is 9.69 Å². The molecule has 152 valence electrons. The molecule has 1 N–H and O–H groups in total. The predicted octanol–water partition coefficient (Wildman–Crippen LogP) is 3.24. The number of carbonyl (C=O) groups excluding carboxylic acids is 1. The first-order chi connectivity index (χ1) is 12.7. The lowest BCUT2D eigenvalue weighted by Crippen LogP contribution is -2.49. The van der Waals surface area contributed by atoms with E-state index in [0.29, 0.717) is 0 Å². The fraction of sp³-hybridized carbons (Fsp3) is 0.789. The van der Waals surface area contributed by atoms with Crippen molar-refractivity contribution in [2.45, 2.75) is 77.2 Å². The van der Waals surface area contributed by atoms with Crippen LogP contribution in [0, 0.1) is 17.2 Å². The number of unbranched alkanes of at least 4 members (excludes halogenated alkanes) is 1. The van der Waals surface area contributed by atoms with Crippen LogP contribution in [0.5, 0.6) is 0 Å². The van der Waals surface area contributed by atoms with E-state index in [1.54, 1.807) is 6.92 Å². The number of nitriles is 1. The third kappa shape index (κ3) is 6.22. The first-order valence-corrected chi connectivity index (χ1v) is 10.6. The van der Waals surface area contributed by atoms with Crippen LogP contribution in [0.3, 0.4) is 0 Å². The fourth-order valence-corrected chi connectivity index (χ4v) is 3.49. The molecule has 1 aromatic rings. The molecule has 8 heteroatoms. The van der Waals surface area contributed by atoms with Gasteiger partial charge in [-0.1, -0.05) is 45.9 Å². The van der Waals surface area contributed by atoms with E-state index >= 15 is 0 Å². The van der Waals surface area contributed by atoms with Gasteiger partial charge in [-0.05, 0) is 39.8 Å². The maximum absolute atomic E-state index is 12.4. The summed E-state index contributed by atoms with van der Waals surface area (Å²) >= 11 is 1.38. The minimum absolute atomic E-state index is 0.0293. The van der Waals surface area contributed by atoms with Crippen molar-refractivity contribution in [1.29, 1.82) is 5.26 Å². The Morgan fingerprint density at radius 2 is 2.04 bits per heavy atom. The summed E-state index contributed by atoms with van der Waals surface area (Å²) in [7, 11) is 4.09. The van der Waals surface area contributed by atoms with Gasteiger partial charge in [0.1, 0.15) is 5.54 Å². The molecule has 2 unspecified atom stereocenters. The van der Waals surface area contributed by atoms with Crippen LogP contribution in [0.25, 0.3) is 0 Å². The second kappa shape index (κ2) is 10.7. The largest absolute Gasteiger partial charge is 0.337 e. The van der Waals surface area contributed by atoms with Crippen molar-refractivity contribution in [3.05, 3.63) is 5.82 Å². The zero-order chi connectivity index (χ0) is 20.6. The van der Waals surface area contributed by atoms with Gasteiger partial charge in [0.15, 0.2) is 11.0 Å². The van der Waals surface area contributed by atoms with Crippen LogP contribution in [-0.2, 0) is 11.3 Å². The summed E-state index contributed by atoms with van der Waals surface area (Å²) < 4.78 is 2.14. The third-order valence-corrected chi connectivity index (χ3v) is 5.87. The van der Waals surface area contributed by atoms with Crippen LogP contribution in [0.1, 0.15) is 65.7 Å². The van der Waals surface area contributed by atoms with Crippen molar-refractivity contribution in [3.63, 3.8) is 0 Å². The Morgan fingerprint density at radius 3 is 2.52 bits per heavy atom. The lowest BCUT2D eigenvalue weighted by Gasteiger charge is -2.27. The predicted molar refractivity (Wildman–Crippen MR) is 109 cm³/mol. The van der Waals surface area contributed by atoms with Gasteiger partial charge >= 0.3 is 0 Å². The second-order valence-electron chi connectivity index (χ2n) is 7.54. The minimum atomic E-state index is -0.864. The van der Waals surface area contributed by atoms with Gasteiger partial charge in [0.05, 0.1) is 17.9 Å². The minimum Gasteiger partial charge on any atom is -0.337 e. The highest BCUT2D eigenvalue weighted by atomic mass is 32.2. The van der Waals surface area contributed by atoms with E-state index in [1.165, 1.54) is 11.8 Å². The van der Waals surface area contributed by atoms with Crippen LogP contribution >= 0.6 is 11.8 Å².